The first-order chi connectivity index (χ1) is 11.4. The van der Waals surface area contributed by atoms with Gasteiger partial charge in [0.25, 0.3) is 0 Å². The Labute approximate surface area is 150 Å². The molecule has 1 heterocycles. The summed E-state index contributed by atoms with van der Waals surface area (Å²) in [5.41, 5.74) is 3.63. The number of carbonyl (C=O) groups is 1. The molecule has 0 bridgehead atoms. The molecule has 24 heavy (non-hydrogen) atoms. The number of phenols is 1. The van der Waals surface area contributed by atoms with Crippen LogP contribution in [-0.4, -0.2) is 17.4 Å². The van der Waals surface area contributed by atoms with Crippen molar-refractivity contribution in [2.24, 2.45) is 0 Å². The van der Waals surface area contributed by atoms with Crippen LogP contribution < -0.4 is 4.90 Å². The summed E-state index contributed by atoms with van der Waals surface area (Å²) in [5, 5.41) is 12.1. The van der Waals surface area contributed by atoms with Crippen LogP contribution in [0.2, 0.25) is 5.02 Å². The molecule has 0 aromatic heterocycles. The molecule has 0 fully saturated rings. The number of benzene rings is 2. The van der Waals surface area contributed by atoms with Crippen molar-refractivity contribution in [1.29, 1.82) is 0 Å². The third-order valence-electron chi connectivity index (χ3n) is 3.98. The van der Waals surface area contributed by atoms with Gasteiger partial charge in [-0.1, -0.05) is 29.4 Å². The van der Waals surface area contributed by atoms with Crippen LogP contribution in [0.1, 0.15) is 19.4 Å². The predicted molar refractivity (Wildman–Crippen MR) is 101 cm³/mol. The zero-order valence-electron chi connectivity index (χ0n) is 13.8. The number of ketones is 1. The number of aromatic hydroxyl groups is 1. The fourth-order valence-corrected chi connectivity index (χ4v) is 4.31. The van der Waals surface area contributed by atoms with Crippen LogP contribution in [0.15, 0.2) is 46.3 Å². The zero-order chi connectivity index (χ0) is 17.4. The molecule has 5 heteroatoms. The van der Waals surface area contributed by atoms with Crippen molar-refractivity contribution in [3.63, 3.8) is 0 Å². The molecule has 0 radical (unpaired) electrons. The molecule has 2 aromatic rings. The molecule has 1 aliphatic heterocycles. The third-order valence-corrected chi connectivity index (χ3v) is 5.31. The first-order valence-electron chi connectivity index (χ1n) is 7.72. The van der Waals surface area contributed by atoms with Gasteiger partial charge in [-0.15, -0.1) is 0 Å². The van der Waals surface area contributed by atoms with Gasteiger partial charge in [-0.3, -0.25) is 4.79 Å². The van der Waals surface area contributed by atoms with Crippen LogP contribution in [0.4, 0.5) is 5.69 Å². The monoisotopic (exact) mass is 359 g/mol. The second-order valence-corrected chi connectivity index (χ2v) is 7.20. The number of nitrogens with zero attached hydrogens (tertiary/aromatic N) is 1. The highest BCUT2D eigenvalue weighted by molar-refractivity contribution is 8.03. The zero-order valence-corrected chi connectivity index (χ0v) is 15.3. The Kier molecular flexibility index (Phi) is 4.61. The number of aryl methyl sites for hydroxylation is 1. The Morgan fingerprint density at radius 1 is 1.33 bits per heavy atom. The fourth-order valence-electron chi connectivity index (χ4n) is 2.91. The number of thioether (sulfide) groups is 1. The minimum atomic E-state index is 0.00784. The minimum absolute atomic E-state index is 0.00784. The summed E-state index contributed by atoms with van der Waals surface area (Å²) >= 11 is 7.73. The molecule has 0 unspecified atom stereocenters. The van der Waals surface area contributed by atoms with Gasteiger partial charge in [0.15, 0.2) is 5.78 Å². The van der Waals surface area contributed by atoms with E-state index in [0.717, 1.165) is 32.3 Å². The molecule has 0 atom stereocenters. The summed E-state index contributed by atoms with van der Waals surface area (Å²) in [6.45, 7) is 6.27. The van der Waals surface area contributed by atoms with E-state index in [1.54, 1.807) is 30.8 Å². The summed E-state index contributed by atoms with van der Waals surface area (Å²) in [6.07, 6.45) is 1.64. The van der Waals surface area contributed by atoms with Crippen LogP contribution in [0.3, 0.4) is 0 Å². The number of halogens is 1. The number of anilines is 1. The lowest BCUT2D eigenvalue weighted by atomic mass is 9.97. The summed E-state index contributed by atoms with van der Waals surface area (Å²) in [6, 6.07) is 9.25. The van der Waals surface area contributed by atoms with Crippen molar-refractivity contribution in [1.82, 2.24) is 0 Å². The maximum Gasteiger partial charge on any atom is 0.155 e. The molecule has 3 rings (SSSR count). The fraction of sp³-hybridized carbons (Fsp3) is 0.211. The number of carbonyl (C=O) groups excluding carboxylic acids is 1. The first kappa shape index (κ1) is 16.9. The molecule has 1 N–H and O–H groups in total. The number of allylic oxidation sites excluding steroid dienone is 1. The van der Waals surface area contributed by atoms with E-state index >= 15 is 0 Å². The molecular formula is C19H18ClNO2S. The SMILES string of the molecule is CCN1/C(=C/C(C)=O)Sc2ccc(O)c(-c3cc(Cl)ccc3C)c21. The van der Waals surface area contributed by atoms with Crippen LogP contribution in [-0.2, 0) is 4.79 Å². The molecule has 3 nitrogen and oxygen atoms in total. The maximum absolute atomic E-state index is 11.5. The lowest BCUT2D eigenvalue weighted by Crippen LogP contribution is -2.18. The van der Waals surface area contributed by atoms with Gasteiger partial charge in [0.05, 0.1) is 10.7 Å². The Balaban J connectivity index is 2.27. The summed E-state index contributed by atoms with van der Waals surface area (Å²) in [5.74, 6) is 0.218. The van der Waals surface area contributed by atoms with Crippen molar-refractivity contribution >= 4 is 34.8 Å². The predicted octanol–water partition coefficient (Wildman–Crippen LogP) is 5.38. The summed E-state index contributed by atoms with van der Waals surface area (Å²) < 4.78 is 0. The van der Waals surface area contributed by atoms with Gasteiger partial charge in [0.2, 0.25) is 0 Å². The van der Waals surface area contributed by atoms with Crippen LogP contribution >= 0.6 is 23.4 Å². The van der Waals surface area contributed by atoms with Gasteiger partial charge in [-0.05, 0) is 56.2 Å². The van der Waals surface area contributed by atoms with E-state index in [4.69, 9.17) is 11.6 Å². The van der Waals surface area contributed by atoms with Crippen molar-refractivity contribution in [3.05, 3.63) is 52.0 Å². The Morgan fingerprint density at radius 3 is 2.75 bits per heavy atom. The molecule has 0 aliphatic carbocycles. The van der Waals surface area contributed by atoms with Crippen molar-refractivity contribution < 1.29 is 9.90 Å². The second-order valence-electron chi connectivity index (χ2n) is 5.71. The van der Waals surface area contributed by atoms with Crippen LogP contribution in [0.25, 0.3) is 11.1 Å². The van der Waals surface area contributed by atoms with Gasteiger partial charge < -0.3 is 10.0 Å². The first-order valence-corrected chi connectivity index (χ1v) is 8.92. The summed E-state index contributed by atoms with van der Waals surface area (Å²) in [7, 11) is 0. The lowest BCUT2D eigenvalue weighted by Gasteiger charge is -2.22. The molecular weight excluding hydrogens is 342 g/mol. The smallest absolute Gasteiger partial charge is 0.155 e. The van der Waals surface area contributed by atoms with Crippen molar-refractivity contribution in [3.8, 4) is 16.9 Å². The average molecular weight is 360 g/mol. The normalized spacial score (nSPS) is 15.0. The van der Waals surface area contributed by atoms with E-state index in [-0.39, 0.29) is 11.5 Å². The minimum Gasteiger partial charge on any atom is -0.507 e. The van der Waals surface area contributed by atoms with E-state index < -0.39 is 0 Å². The number of fused-ring (bicyclic) bond motifs is 1. The highest BCUT2D eigenvalue weighted by atomic mass is 35.5. The highest BCUT2D eigenvalue weighted by Crippen LogP contribution is 2.53. The van der Waals surface area contributed by atoms with Crippen molar-refractivity contribution in [2.75, 3.05) is 11.4 Å². The number of phenolic OH excluding ortho intramolecular Hbond substituents is 1. The molecule has 0 saturated heterocycles. The molecule has 124 valence electrons. The number of hydrogen-bond donors (Lipinski definition) is 1. The van der Waals surface area contributed by atoms with E-state index in [9.17, 15) is 9.90 Å². The molecule has 1 aliphatic rings. The van der Waals surface area contributed by atoms with Crippen LogP contribution in [0.5, 0.6) is 5.75 Å². The Bertz CT molecular complexity index is 861. The standard InChI is InChI=1S/C19H18ClNO2S/c1-4-21-17(9-12(3)22)24-16-8-7-15(23)18(19(16)21)14-10-13(20)6-5-11(14)2/h5-10,23H,4H2,1-3H3/b17-9-. The van der Waals surface area contributed by atoms with E-state index in [1.807, 2.05) is 38.1 Å². The second kappa shape index (κ2) is 6.54. The Hall–Kier alpha value is -1.91. The molecule has 0 spiro atoms. The highest BCUT2D eigenvalue weighted by Gasteiger charge is 2.30. The molecule has 0 amide bonds. The summed E-state index contributed by atoms with van der Waals surface area (Å²) in [4.78, 5) is 14.6. The lowest BCUT2D eigenvalue weighted by molar-refractivity contribution is -0.112. The number of rotatable bonds is 3. The average Bonchev–Trinajstić information content (AvgIpc) is 2.86. The quantitative estimate of drug-likeness (QED) is 0.746. The largest absolute Gasteiger partial charge is 0.507 e. The molecule has 2 aromatic carbocycles. The number of hydrogen-bond acceptors (Lipinski definition) is 4. The van der Waals surface area contributed by atoms with Gasteiger partial charge in [0, 0.05) is 28.1 Å². The van der Waals surface area contributed by atoms with E-state index in [0.29, 0.717) is 11.6 Å². The Morgan fingerprint density at radius 2 is 2.08 bits per heavy atom. The van der Waals surface area contributed by atoms with Gasteiger partial charge in [0.1, 0.15) is 5.75 Å². The third kappa shape index (κ3) is 2.92. The van der Waals surface area contributed by atoms with Gasteiger partial charge in [-0.25, -0.2) is 0 Å². The van der Waals surface area contributed by atoms with E-state index in [1.165, 1.54) is 0 Å². The molecule has 0 saturated carbocycles. The van der Waals surface area contributed by atoms with Crippen molar-refractivity contribution in [2.45, 2.75) is 25.7 Å². The van der Waals surface area contributed by atoms with E-state index in [2.05, 4.69) is 4.90 Å². The topological polar surface area (TPSA) is 40.5 Å². The maximum atomic E-state index is 11.5. The van der Waals surface area contributed by atoms with Gasteiger partial charge in [-0.2, -0.15) is 0 Å². The van der Waals surface area contributed by atoms with Crippen LogP contribution in [0, 0.1) is 6.92 Å². The van der Waals surface area contributed by atoms with Gasteiger partial charge >= 0.3 is 0 Å².